The van der Waals surface area contributed by atoms with Crippen LogP contribution in [0.2, 0.25) is 0 Å². The molecule has 2 N–H and O–H groups in total. The maximum Gasteiger partial charge on any atom is 0.410 e. The lowest BCUT2D eigenvalue weighted by Gasteiger charge is -2.52. The van der Waals surface area contributed by atoms with Crippen LogP contribution in [0.5, 0.6) is 0 Å². The number of nitrogens with zero attached hydrogens (tertiary/aromatic N) is 1. The van der Waals surface area contributed by atoms with Crippen molar-refractivity contribution in [1.82, 2.24) is 15.5 Å². The molecule has 182 valence electrons. The van der Waals surface area contributed by atoms with Gasteiger partial charge in [0.05, 0.1) is 30.8 Å². The number of likely N-dealkylation sites (tertiary alicyclic amines) is 1. The summed E-state index contributed by atoms with van der Waals surface area (Å²) >= 11 is 0. The van der Waals surface area contributed by atoms with Gasteiger partial charge in [-0.15, -0.1) is 0 Å². The van der Waals surface area contributed by atoms with Crippen LogP contribution in [0.4, 0.5) is 4.79 Å². The number of carbonyl (C=O) groups is 2. The minimum atomic E-state index is -0.572. The fourth-order valence-corrected chi connectivity index (χ4v) is 5.61. The molecule has 3 fully saturated rings. The SMILES string of the molecule is CC(C)(C)OC(=O)N1CCC[C@@]2(CNCC(=O)N2)[C@@H]1COC1CCC(c2ccccc2)CC1. The Hall–Kier alpha value is -2.12. The van der Waals surface area contributed by atoms with Crippen LogP contribution < -0.4 is 10.6 Å². The summed E-state index contributed by atoms with van der Waals surface area (Å²) in [6.45, 7) is 7.60. The zero-order valence-electron chi connectivity index (χ0n) is 20.3. The molecule has 0 aromatic heterocycles. The van der Waals surface area contributed by atoms with E-state index >= 15 is 0 Å². The molecule has 0 radical (unpaired) electrons. The molecular weight excluding hydrogens is 418 g/mol. The number of benzene rings is 1. The van der Waals surface area contributed by atoms with Crippen LogP contribution in [-0.2, 0) is 14.3 Å². The molecule has 1 spiro atoms. The second-order valence-corrected chi connectivity index (χ2v) is 10.8. The Kier molecular flexibility index (Phi) is 7.29. The molecule has 2 heterocycles. The van der Waals surface area contributed by atoms with Crippen molar-refractivity contribution in [3.63, 3.8) is 0 Å². The van der Waals surface area contributed by atoms with Gasteiger partial charge < -0.3 is 25.0 Å². The van der Waals surface area contributed by atoms with Gasteiger partial charge in [0, 0.05) is 13.1 Å². The van der Waals surface area contributed by atoms with Crippen LogP contribution >= 0.6 is 0 Å². The highest BCUT2D eigenvalue weighted by Crippen LogP contribution is 2.35. The first kappa shape index (κ1) is 24.0. The summed E-state index contributed by atoms with van der Waals surface area (Å²) in [6, 6.07) is 10.5. The summed E-state index contributed by atoms with van der Waals surface area (Å²) in [5.74, 6) is 0.563. The Labute approximate surface area is 197 Å². The molecule has 1 aromatic rings. The van der Waals surface area contributed by atoms with Crippen LogP contribution in [0.3, 0.4) is 0 Å². The Morgan fingerprint density at radius 1 is 1.15 bits per heavy atom. The predicted molar refractivity (Wildman–Crippen MR) is 127 cm³/mol. The van der Waals surface area contributed by atoms with Gasteiger partial charge in [-0.1, -0.05) is 30.3 Å². The lowest BCUT2D eigenvalue weighted by Crippen LogP contribution is -2.74. The van der Waals surface area contributed by atoms with Crippen LogP contribution in [0.15, 0.2) is 30.3 Å². The number of hydrogen-bond acceptors (Lipinski definition) is 5. The van der Waals surface area contributed by atoms with E-state index in [2.05, 4.69) is 41.0 Å². The number of rotatable bonds is 4. The van der Waals surface area contributed by atoms with Crippen molar-refractivity contribution >= 4 is 12.0 Å². The van der Waals surface area contributed by atoms with Crippen molar-refractivity contribution in [1.29, 1.82) is 0 Å². The Balaban J connectivity index is 1.43. The summed E-state index contributed by atoms with van der Waals surface area (Å²) in [6.07, 6.45) is 5.73. The molecule has 2 atom stereocenters. The van der Waals surface area contributed by atoms with Gasteiger partial charge in [-0.3, -0.25) is 4.79 Å². The molecule has 7 heteroatoms. The van der Waals surface area contributed by atoms with Crippen molar-refractivity contribution in [2.75, 3.05) is 26.2 Å². The first-order chi connectivity index (χ1) is 15.8. The molecule has 2 aliphatic heterocycles. The highest BCUT2D eigenvalue weighted by Gasteiger charge is 2.49. The molecule has 3 aliphatic rings. The lowest BCUT2D eigenvalue weighted by molar-refractivity contribution is -0.128. The lowest BCUT2D eigenvalue weighted by atomic mass is 9.79. The van der Waals surface area contributed by atoms with E-state index < -0.39 is 11.1 Å². The molecule has 1 aromatic carbocycles. The molecule has 7 nitrogen and oxygen atoms in total. The molecule has 0 unspecified atom stereocenters. The second-order valence-electron chi connectivity index (χ2n) is 10.8. The van der Waals surface area contributed by atoms with Gasteiger partial charge >= 0.3 is 6.09 Å². The zero-order valence-corrected chi connectivity index (χ0v) is 20.3. The number of amides is 2. The van der Waals surface area contributed by atoms with E-state index in [4.69, 9.17) is 9.47 Å². The first-order valence-electron chi connectivity index (χ1n) is 12.4. The van der Waals surface area contributed by atoms with Gasteiger partial charge in [0.2, 0.25) is 5.91 Å². The van der Waals surface area contributed by atoms with E-state index in [9.17, 15) is 9.59 Å². The quantitative estimate of drug-likeness (QED) is 0.722. The molecular formula is C26H39N3O4. The third-order valence-electron chi connectivity index (χ3n) is 7.21. The van der Waals surface area contributed by atoms with Crippen LogP contribution in [0.1, 0.15) is 70.8 Å². The number of piperazine rings is 1. The maximum atomic E-state index is 13.1. The van der Waals surface area contributed by atoms with Gasteiger partial charge in [0.1, 0.15) is 5.60 Å². The van der Waals surface area contributed by atoms with Gasteiger partial charge in [-0.05, 0) is 70.8 Å². The topological polar surface area (TPSA) is 79.9 Å². The van der Waals surface area contributed by atoms with E-state index in [1.54, 1.807) is 4.90 Å². The van der Waals surface area contributed by atoms with Crippen molar-refractivity contribution in [3.05, 3.63) is 35.9 Å². The van der Waals surface area contributed by atoms with Gasteiger partial charge in [-0.2, -0.15) is 0 Å². The van der Waals surface area contributed by atoms with Crippen molar-refractivity contribution in [2.45, 2.75) is 88.5 Å². The molecule has 2 amide bonds. The summed E-state index contributed by atoms with van der Waals surface area (Å²) in [4.78, 5) is 27.2. The van der Waals surface area contributed by atoms with E-state index in [0.29, 0.717) is 32.2 Å². The molecule has 4 rings (SSSR count). The minimum absolute atomic E-state index is 0.0272. The average Bonchev–Trinajstić information content (AvgIpc) is 2.78. The standard InChI is InChI=1S/C26H39N3O4/c1-25(2,3)33-24(31)29-15-7-14-26(18-27-16-23(30)28-26)22(29)17-32-21-12-10-20(11-13-21)19-8-5-4-6-9-19/h4-6,8-9,20-22,27H,7,10-18H2,1-3H3,(H,28,30)/t20?,21?,22-,26+/m0/s1. The highest BCUT2D eigenvalue weighted by molar-refractivity contribution is 5.80. The zero-order chi connectivity index (χ0) is 23.5. The predicted octanol–water partition coefficient (Wildman–Crippen LogP) is 3.59. The number of ether oxygens (including phenoxy) is 2. The van der Waals surface area contributed by atoms with Crippen molar-refractivity contribution in [2.24, 2.45) is 0 Å². The van der Waals surface area contributed by atoms with E-state index in [1.807, 2.05) is 20.8 Å². The number of nitrogens with one attached hydrogen (secondary N) is 2. The Morgan fingerprint density at radius 3 is 2.55 bits per heavy atom. The second kappa shape index (κ2) is 10.0. The van der Waals surface area contributed by atoms with Gasteiger partial charge in [-0.25, -0.2) is 4.79 Å². The summed E-state index contributed by atoms with van der Waals surface area (Å²) in [7, 11) is 0. The highest BCUT2D eigenvalue weighted by atomic mass is 16.6. The first-order valence-corrected chi connectivity index (χ1v) is 12.4. The van der Waals surface area contributed by atoms with Crippen LogP contribution in [0, 0.1) is 0 Å². The largest absolute Gasteiger partial charge is 0.444 e. The fourth-order valence-electron chi connectivity index (χ4n) is 5.61. The van der Waals surface area contributed by atoms with Gasteiger partial charge in [0.15, 0.2) is 0 Å². The maximum absolute atomic E-state index is 13.1. The van der Waals surface area contributed by atoms with Gasteiger partial charge in [0.25, 0.3) is 0 Å². The summed E-state index contributed by atoms with van der Waals surface area (Å²) < 4.78 is 12.2. The molecule has 2 saturated heterocycles. The molecule has 1 aliphatic carbocycles. The monoisotopic (exact) mass is 457 g/mol. The van der Waals surface area contributed by atoms with Crippen LogP contribution in [-0.4, -0.2) is 66.4 Å². The number of carbonyl (C=O) groups excluding carboxylic acids is 2. The normalized spacial score (nSPS) is 30.7. The summed E-state index contributed by atoms with van der Waals surface area (Å²) in [5, 5.41) is 6.46. The van der Waals surface area contributed by atoms with Crippen molar-refractivity contribution in [3.8, 4) is 0 Å². The molecule has 1 saturated carbocycles. The Morgan fingerprint density at radius 2 is 1.88 bits per heavy atom. The number of hydrogen-bond donors (Lipinski definition) is 2. The molecule has 33 heavy (non-hydrogen) atoms. The third-order valence-corrected chi connectivity index (χ3v) is 7.21. The average molecular weight is 458 g/mol. The van der Waals surface area contributed by atoms with Crippen molar-refractivity contribution < 1.29 is 19.1 Å². The number of piperidine rings is 1. The van der Waals surface area contributed by atoms with Crippen LogP contribution in [0.25, 0.3) is 0 Å². The third kappa shape index (κ3) is 5.87. The van der Waals surface area contributed by atoms with E-state index in [1.165, 1.54) is 5.56 Å². The fraction of sp³-hybridized carbons (Fsp3) is 0.692. The summed E-state index contributed by atoms with van der Waals surface area (Å²) in [5.41, 5.74) is 0.317. The smallest absolute Gasteiger partial charge is 0.410 e. The minimum Gasteiger partial charge on any atom is -0.444 e. The van der Waals surface area contributed by atoms with E-state index in [0.717, 1.165) is 38.5 Å². The molecule has 0 bridgehead atoms. The Bertz CT molecular complexity index is 813. The van der Waals surface area contributed by atoms with E-state index in [-0.39, 0.29) is 24.1 Å².